The summed E-state index contributed by atoms with van der Waals surface area (Å²) in [5.41, 5.74) is 2.49. The molecule has 1 saturated heterocycles. The largest absolute Gasteiger partial charge is 0.317 e. The molecule has 1 fully saturated rings. The van der Waals surface area contributed by atoms with Crippen molar-refractivity contribution in [3.05, 3.63) is 17.5 Å². The fraction of sp³-hybridized carbons (Fsp3) is 0.786. The molecule has 0 amide bonds. The van der Waals surface area contributed by atoms with Gasteiger partial charge in [0.15, 0.2) is 0 Å². The summed E-state index contributed by atoms with van der Waals surface area (Å²) in [4.78, 5) is 2.60. The number of aryl methyl sites for hydroxylation is 2. The van der Waals surface area contributed by atoms with Crippen LogP contribution in [0.5, 0.6) is 0 Å². The zero-order chi connectivity index (χ0) is 13.0. The van der Waals surface area contributed by atoms with Crippen LogP contribution in [0.2, 0.25) is 0 Å². The summed E-state index contributed by atoms with van der Waals surface area (Å²) in [5.74, 6) is 0. The molecule has 1 aliphatic rings. The van der Waals surface area contributed by atoms with Gasteiger partial charge in [0.05, 0.1) is 11.4 Å². The van der Waals surface area contributed by atoms with Crippen molar-refractivity contribution in [1.29, 1.82) is 0 Å². The monoisotopic (exact) mass is 250 g/mol. The summed E-state index contributed by atoms with van der Waals surface area (Å²) < 4.78 is 2.14. The topological polar surface area (TPSA) is 33.1 Å². The molecular weight excluding hydrogens is 224 g/mol. The van der Waals surface area contributed by atoms with E-state index in [2.05, 4.69) is 46.8 Å². The first kappa shape index (κ1) is 13.6. The van der Waals surface area contributed by atoms with Gasteiger partial charge in [0, 0.05) is 19.1 Å². The van der Waals surface area contributed by atoms with E-state index in [4.69, 9.17) is 0 Å². The Hall–Kier alpha value is -0.870. The van der Waals surface area contributed by atoms with Crippen molar-refractivity contribution in [2.24, 2.45) is 0 Å². The number of hydrogen-bond acceptors (Lipinski definition) is 3. The maximum absolute atomic E-state index is 4.54. The van der Waals surface area contributed by atoms with E-state index in [-0.39, 0.29) is 0 Å². The lowest BCUT2D eigenvalue weighted by molar-refractivity contribution is 0.158. The Bertz CT molecular complexity index is 366. The van der Waals surface area contributed by atoms with E-state index in [1.165, 1.54) is 18.5 Å². The van der Waals surface area contributed by atoms with Gasteiger partial charge >= 0.3 is 0 Å². The van der Waals surface area contributed by atoms with E-state index >= 15 is 0 Å². The van der Waals surface area contributed by atoms with Crippen LogP contribution in [-0.4, -0.2) is 40.4 Å². The van der Waals surface area contributed by atoms with E-state index in [9.17, 15) is 0 Å². The number of piperidine rings is 1. The molecule has 4 nitrogen and oxygen atoms in total. The summed E-state index contributed by atoms with van der Waals surface area (Å²) in [6.45, 7) is 12.0. The van der Waals surface area contributed by atoms with E-state index in [0.717, 1.165) is 44.5 Å². The Kier molecular flexibility index (Phi) is 4.78. The standard InChI is InChI=1S/C14H26N4/c1-4-17(13-6-8-15-9-7-13)11-14-10-12(3)16-18(14)5-2/h10,13,15H,4-9,11H2,1-3H3. The summed E-state index contributed by atoms with van der Waals surface area (Å²) >= 11 is 0. The van der Waals surface area contributed by atoms with Crippen LogP contribution in [0.4, 0.5) is 0 Å². The maximum Gasteiger partial charge on any atom is 0.0597 e. The zero-order valence-electron chi connectivity index (χ0n) is 11.9. The first-order valence-electron chi connectivity index (χ1n) is 7.22. The second-order valence-electron chi connectivity index (χ2n) is 5.14. The highest BCUT2D eigenvalue weighted by atomic mass is 15.3. The quantitative estimate of drug-likeness (QED) is 0.865. The minimum Gasteiger partial charge on any atom is -0.317 e. The molecule has 2 rings (SSSR count). The molecule has 1 N–H and O–H groups in total. The van der Waals surface area contributed by atoms with Crippen LogP contribution in [0, 0.1) is 6.92 Å². The molecule has 0 saturated carbocycles. The van der Waals surface area contributed by atoms with Crippen molar-refractivity contribution >= 4 is 0 Å². The van der Waals surface area contributed by atoms with Crippen molar-refractivity contribution in [3.8, 4) is 0 Å². The molecule has 0 radical (unpaired) electrons. The Balaban J connectivity index is 2.04. The summed E-state index contributed by atoms with van der Waals surface area (Å²) in [6.07, 6.45) is 2.54. The van der Waals surface area contributed by atoms with Crippen LogP contribution in [0.15, 0.2) is 6.07 Å². The molecule has 2 heterocycles. The van der Waals surface area contributed by atoms with E-state index in [1.807, 2.05) is 0 Å². The van der Waals surface area contributed by atoms with Gasteiger partial charge in [-0.25, -0.2) is 0 Å². The molecule has 1 aromatic heterocycles. The Morgan fingerprint density at radius 2 is 2.11 bits per heavy atom. The van der Waals surface area contributed by atoms with Gasteiger partial charge in [-0.1, -0.05) is 6.92 Å². The Morgan fingerprint density at radius 1 is 1.39 bits per heavy atom. The molecule has 1 aromatic rings. The number of nitrogens with zero attached hydrogens (tertiary/aromatic N) is 3. The molecule has 0 aromatic carbocycles. The first-order valence-corrected chi connectivity index (χ1v) is 7.22. The lowest BCUT2D eigenvalue weighted by atomic mass is 10.0. The minimum absolute atomic E-state index is 0.733. The third kappa shape index (κ3) is 3.12. The second kappa shape index (κ2) is 6.34. The Morgan fingerprint density at radius 3 is 2.72 bits per heavy atom. The average molecular weight is 250 g/mol. The molecule has 0 aliphatic carbocycles. The Labute approximate surface area is 110 Å². The van der Waals surface area contributed by atoms with E-state index < -0.39 is 0 Å². The molecule has 0 spiro atoms. The van der Waals surface area contributed by atoms with Gasteiger partial charge in [-0.2, -0.15) is 5.10 Å². The zero-order valence-corrected chi connectivity index (χ0v) is 11.9. The number of hydrogen-bond donors (Lipinski definition) is 1. The van der Waals surface area contributed by atoms with Crippen LogP contribution in [0.1, 0.15) is 38.1 Å². The molecule has 0 unspecified atom stereocenters. The van der Waals surface area contributed by atoms with Gasteiger partial charge < -0.3 is 5.32 Å². The van der Waals surface area contributed by atoms with Crippen molar-refractivity contribution in [2.45, 2.75) is 52.7 Å². The third-order valence-electron chi connectivity index (χ3n) is 3.88. The molecule has 4 heteroatoms. The van der Waals surface area contributed by atoms with Crippen LogP contribution >= 0.6 is 0 Å². The molecule has 102 valence electrons. The molecular formula is C14H26N4. The summed E-state index contributed by atoms with van der Waals surface area (Å²) in [5, 5.41) is 7.98. The van der Waals surface area contributed by atoms with Crippen LogP contribution < -0.4 is 5.32 Å². The fourth-order valence-corrected chi connectivity index (χ4v) is 2.88. The molecule has 18 heavy (non-hydrogen) atoms. The smallest absolute Gasteiger partial charge is 0.0597 e. The maximum atomic E-state index is 4.54. The van der Waals surface area contributed by atoms with E-state index in [0.29, 0.717) is 0 Å². The minimum atomic E-state index is 0.733. The number of nitrogens with one attached hydrogen (secondary N) is 1. The second-order valence-corrected chi connectivity index (χ2v) is 5.14. The van der Waals surface area contributed by atoms with E-state index in [1.54, 1.807) is 0 Å². The van der Waals surface area contributed by atoms with Crippen LogP contribution in [0.3, 0.4) is 0 Å². The third-order valence-corrected chi connectivity index (χ3v) is 3.88. The van der Waals surface area contributed by atoms with Gasteiger partial charge in [-0.15, -0.1) is 0 Å². The van der Waals surface area contributed by atoms with Crippen molar-refractivity contribution in [3.63, 3.8) is 0 Å². The number of rotatable bonds is 5. The highest BCUT2D eigenvalue weighted by Crippen LogP contribution is 2.16. The van der Waals surface area contributed by atoms with Gasteiger partial charge in [0.1, 0.15) is 0 Å². The summed E-state index contributed by atoms with van der Waals surface area (Å²) in [6, 6.07) is 2.96. The lowest BCUT2D eigenvalue weighted by Crippen LogP contribution is -2.42. The van der Waals surface area contributed by atoms with Crippen molar-refractivity contribution < 1.29 is 0 Å². The number of aromatic nitrogens is 2. The molecule has 0 bridgehead atoms. The average Bonchev–Trinajstić information content (AvgIpc) is 2.77. The lowest BCUT2D eigenvalue weighted by Gasteiger charge is -2.33. The fourth-order valence-electron chi connectivity index (χ4n) is 2.88. The summed E-state index contributed by atoms with van der Waals surface area (Å²) in [7, 11) is 0. The predicted octanol–water partition coefficient (Wildman–Crippen LogP) is 1.79. The van der Waals surface area contributed by atoms with Crippen LogP contribution in [0.25, 0.3) is 0 Å². The van der Waals surface area contributed by atoms with Gasteiger partial charge in [-0.3, -0.25) is 9.58 Å². The molecule has 1 aliphatic heterocycles. The van der Waals surface area contributed by atoms with Gasteiger partial charge in [0.2, 0.25) is 0 Å². The molecule has 0 atom stereocenters. The SMILES string of the molecule is CCN(Cc1cc(C)nn1CC)C1CCNCC1. The predicted molar refractivity (Wildman–Crippen MR) is 74.6 cm³/mol. The highest BCUT2D eigenvalue weighted by molar-refractivity contribution is 5.09. The van der Waals surface area contributed by atoms with Gasteiger partial charge in [-0.05, 0) is 52.4 Å². The van der Waals surface area contributed by atoms with Crippen LogP contribution in [-0.2, 0) is 13.1 Å². The highest BCUT2D eigenvalue weighted by Gasteiger charge is 2.20. The van der Waals surface area contributed by atoms with Gasteiger partial charge in [0.25, 0.3) is 0 Å². The normalized spacial score (nSPS) is 17.6. The first-order chi connectivity index (χ1) is 8.74. The van der Waals surface area contributed by atoms with Crippen molar-refractivity contribution in [1.82, 2.24) is 20.0 Å². The van der Waals surface area contributed by atoms with Crippen molar-refractivity contribution in [2.75, 3.05) is 19.6 Å².